The summed E-state index contributed by atoms with van der Waals surface area (Å²) in [5.41, 5.74) is 3.16. The molecule has 31 heavy (non-hydrogen) atoms. The number of urea groups is 1. The van der Waals surface area contributed by atoms with Crippen molar-refractivity contribution in [2.45, 2.75) is 40.0 Å². The first-order chi connectivity index (χ1) is 14.9. The van der Waals surface area contributed by atoms with Crippen LogP contribution in [0.25, 0.3) is 0 Å². The maximum atomic E-state index is 13.1. The maximum absolute atomic E-state index is 13.1. The average Bonchev–Trinajstić information content (AvgIpc) is 2.77. The minimum Gasteiger partial charge on any atom is -0.497 e. The van der Waals surface area contributed by atoms with Crippen molar-refractivity contribution in [1.29, 1.82) is 0 Å². The molecule has 0 radical (unpaired) electrons. The minimum atomic E-state index is -0.743. The number of ether oxygens (including phenoxy) is 2. The van der Waals surface area contributed by atoms with E-state index in [1.807, 2.05) is 57.2 Å². The van der Waals surface area contributed by atoms with Gasteiger partial charge in [-0.25, -0.2) is 4.79 Å². The lowest BCUT2D eigenvalue weighted by Crippen LogP contribution is -2.52. The van der Waals surface area contributed by atoms with Gasteiger partial charge in [0.15, 0.2) is 0 Å². The fourth-order valence-corrected chi connectivity index (χ4v) is 4.24. The zero-order chi connectivity index (χ0) is 22.4. The van der Waals surface area contributed by atoms with Crippen molar-refractivity contribution < 1.29 is 19.1 Å². The summed E-state index contributed by atoms with van der Waals surface area (Å²) in [5.74, 6) is 0.518. The highest BCUT2D eigenvalue weighted by Crippen LogP contribution is 2.36. The van der Waals surface area contributed by atoms with Crippen LogP contribution in [0.4, 0.5) is 10.5 Å². The van der Waals surface area contributed by atoms with Crippen LogP contribution in [0.3, 0.4) is 0 Å². The largest absolute Gasteiger partial charge is 0.497 e. The summed E-state index contributed by atoms with van der Waals surface area (Å²) in [6.07, 6.45) is 2.01. The number of rotatable bonds is 6. The van der Waals surface area contributed by atoms with Crippen LogP contribution in [0.1, 0.15) is 36.5 Å². The summed E-state index contributed by atoms with van der Waals surface area (Å²) >= 11 is 0. The summed E-state index contributed by atoms with van der Waals surface area (Å²) < 4.78 is 10.7. The number of hydrogen-bond donors (Lipinski definition) is 1. The Morgan fingerprint density at radius 2 is 1.90 bits per heavy atom. The molecule has 1 aliphatic rings. The number of piperidine rings is 1. The molecule has 166 valence electrons. The highest BCUT2D eigenvalue weighted by Gasteiger charge is 2.45. The summed E-state index contributed by atoms with van der Waals surface area (Å²) in [7, 11) is 1.62. The molecular weight excluding hydrogens is 392 g/mol. The smallest absolute Gasteiger partial charge is 0.321 e. The van der Waals surface area contributed by atoms with Crippen molar-refractivity contribution in [2.24, 2.45) is 5.41 Å². The zero-order valence-electron chi connectivity index (χ0n) is 18.9. The molecule has 1 N–H and O–H groups in total. The first-order valence-corrected chi connectivity index (χ1v) is 10.8. The van der Waals surface area contributed by atoms with Crippen molar-refractivity contribution >= 4 is 17.7 Å². The molecule has 1 unspecified atom stereocenters. The number of nitrogens with zero attached hydrogens (tertiary/aromatic N) is 1. The molecule has 6 heteroatoms. The van der Waals surface area contributed by atoms with Crippen molar-refractivity contribution in [1.82, 2.24) is 4.90 Å². The van der Waals surface area contributed by atoms with Crippen molar-refractivity contribution in [3.63, 3.8) is 0 Å². The zero-order valence-corrected chi connectivity index (χ0v) is 18.9. The number of likely N-dealkylation sites (tertiary alicyclic amines) is 1. The van der Waals surface area contributed by atoms with Crippen LogP contribution in [0.15, 0.2) is 42.5 Å². The Bertz CT molecular complexity index is 943. The first kappa shape index (κ1) is 22.7. The van der Waals surface area contributed by atoms with Gasteiger partial charge in [0.05, 0.1) is 19.1 Å². The number of esters is 1. The first-order valence-electron chi connectivity index (χ1n) is 10.8. The third-order valence-corrected chi connectivity index (χ3v) is 6.04. The monoisotopic (exact) mass is 424 g/mol. The van der Waals surface area contributed by atoms with E-state index in [-0.39, 0.29) is 12.0 Å². The lowest BCUT2D eigenvalue weighted by molar-refractivity contribution is -0.158. The van der Waals surface area contributed by atoms with E-state index >= 15 is 0 Å². The number of amides is 2. The predicted octanol–water partition coefficient (Wildman–Crippen LogP) is 4.73. The van der Waals surface area contributed by atoms with Crippen LogP contribution in [-0.4, -0.2) is 43.7 Å². The minimum absolute atomic E-state index is 0.202. The molecule has 1 aliphatic heterocycles. The molecule has 0 aromatic heterocycles. The van der Waals surface area contributed by atoms with E-state index in [1.54, 1.807) is 12.0 Å². The second-order valence-corrected chi connectivity index (χ2v) is 8.24. The van der Waals surface area contributed by atoms with E-state index in [9.17, 15) is 9.59 Å². The Morgan fingerprint density at radius 3 is 2.58 bits per heavy atom. The number of hydrogen-bond acceptors (Lipinski definition) is 4. The quantitative estimate of drug-likeness (QED) is 0.681. The highest BCUT2D eigenvalue weighted by molar-refractivity contribution is 5.91. The molecule has 3 rings (SSSR count). The molecule has 6 nitrogen and oxygen atoms in total. The average molecular weight is 425 g/mol. The van der Waals surface area contributed by atoms with E-state index in [0.717, 1.165) is 34.5 Å². The van der Waals surface area contributed by atoms with Crippen LogP contribution in [-0.2, 0) is 16.0 Å². The normalized spacial score (nSPS) is 18.4. The molecular formula is C25H32N2O4. The van der Waals surface area contributed by atoms with Crippen molar-refractivity contribution in [3.8, 4) is 5.75 Å². The molecule has 1 saturated heterocycles. The van der Waals surface area contributed by atoms with Crippen LogP contribution < -0.4 is 10.1 Å². The Morgan fingerprint density at radius 1 is 1.13 bits per heavy atom. The molecule has 0 spiro atoms. The molecule has 2 aromatic carbocycles. The van der Waals surface area contributed by atoms with E-state index in [4.69, 9.17) is 9.47 Å². The second-order valence-electron chi connectivity index (χ2n) is 8.24. The number of carbonyl (C=O) groups is 2. The number of methoxy groups -OCH3 is 1. The van der Waals surface area contributed by atoms with Gasteiger partial charge in [-0.2, -0.15) is 0 Å². The van der Waals surface area contributed by atoms with Crippen LogP contribution >= 0.6 is 0 Å². The van der Waals surface area contributed by atoms with Gasteiger partial charge in [0, 0.05) is 18.8 Å². The Hall–Kier alpha value is -3.02. The molecule has 1 atom stereocenters. The van der Waals surface area contributed by atoms with E-state index < -0.39 is 5.41 Å². The van der Waals surface area contributed by atoms with Crippen molar-refractivity contribution in [3.05, 3.63) is 59.2 Å². The van der Waals surface area contributed by atoms with Gasteiger partial charge in [-0.1, -0.05) is 24.3 Å². The van der Waals surface area contributed by atoms with Crippen LogP contribution in [0.2, 0.25) is 0 Å². The van der Waals surface area contributed by atoms with Gasteiger partial charge < -0.3 is 19.7 Å². The standard InChI is InChI=1S/C25H32N2O4/c1-5-31-23(28)25(16-20-10-7-6-9-18(20)2)13-8-14-27(17-25)24(29)26-22-12-11-21(30-4)15-19(22)3/h6-7,9-12,15H,5,8,13-14,16-17H2,1-4H3,(H,26,29). The molecule has 2 amide bonds. The Kier molecular flexibility index (Phi) is 7.21. The third-order valence-electron chi connectivity index (χ3n) is 6.04. The van der Waals surface area contributed by atoms with E-state index in [2.05, 4.69) is 11.4 Å². The Labute approximate surface area is 184 Å². The van der Waals surface area contributed by atoms with Gasteiger partial charge in [0.2, 0.25) is 0 Å². The number of benzene rings is 2. The fourth-order valence-electron chi connectivity index (χ4n) is 4.24. The Balaban J connectivity index is 1.81. The predicted molar refractivity (Wildman–Crippen MR) is 122 cm³/mol. The fraction of sp³-hybridized carbons (Fsp3) is 0.440. The van der Waals surface area contributed by atoms with Gasteiger partial charge in [-0.15, -0.1) is 0 Å². The van der Waals surface area contributed by atoms with Crippen LogP contribution in [0.5, 0.6) is 5.75 Å². The van der Waals surface area contributed by atoms with Gasteiger partial charge in [-0.05, 0) is 74.9 Å². The van der Waals surface area contributed by atoms with E-state index in [0.29, 0.717) is 32.5 Å². The van der Waals surface area contributed by atoms with Crippen LogP contribution in [0, 0.1) is 19.3 Å². The molecule has 1 heterocycles. The maximum Gasteiger partial charge on any atom is 0.321 e. The lowest BCUT2D eigenvalue weighted by atomic mass is 9.74. The van der Waals surface area contributed by atoms with Crippen molar-refractivity contribution in [2.75, 3.05) is 32.1 Å². The van der Waals surface area contributed by atoms with E-state index in [1.165, 1.54) is 0 Å². The number of nitrogens with one attached hydrogen (secondary N) is 1. The number of anilines is 1. The number of carbonyl (C=O) groups excluding carboxylic acids is 2. The summed E-state index contributed by atoms with van der Waals surface area (Å²) in [4.78, 5) is 27.9. The van der Waals surface area contributed by atoms with Gasteiger partial charge in [0.1, 0.15) is 5.75 Å². The van der Waals surface area contributed by atoms with Gasteiger partial charge in [0.25, 0.3) is 0 Å². The van der Waals surface area contributed by atoms with Gasteiger partial charge >= 0.3 is 12.0 Å². The summed E-state index contributed by atoms with van der Waals surface area (Å²) in [6, 6.07) is 13.4. The second kappa shape index (κ2) is 9.86. The highest BCUT2D eigenvalue weighted by atomic mass is 16.5. The SMILES string of the molecule is CCOC(=O)C1(Cc2ccccc2C)CCCN(C(=O)Nc2ccc(OC)cc2C)C1. The molecule has 0 bridgehead atoms. The summed E-state index contributed by atoms with van der Waals surface area (Å²) in [5, 5.41) is 2.99. The molecule has 1 fully saturated rings. The molecule has 0 saturated carbocycles. The number of aryl methyl sites for hydroxylation is 2. The lowest BCUT2D eigenvalue weighted by Gasteiger charge is -2.41. The molecule has 2 aromatic rings. The topological polar surface area (TPSA) is 67.9 Å². The third kappa shape index (κ3) is 5.19. The summed E-state index contributed by atoms with van der Waals surface area (Å²) in [6.45, 7) is 7.06. The molecule has 0 aliphatic carbocycles. The van der Waals surface area contributed by atoms with Gasteiger partial charge in [-0.3, -0.25) is 4.79 Å².